The summed E-state index contributed by atoms with van der Waals surface area (Å²) >= 11 is 0. The van der Waals surface area contributed by atoms with Crippen LogP contribution in [0, 0.1) is 0 Å². The van der Waals surface area contributed by atoms with E-state index in [-0.39, 0.29) is 11.5 Å². The van der Waals surface area contributed by atoms with Crippen molar-refractivity contribution in [1.82, 2.24) is 10.2 Å². The molecule has 7 nitrogen and oxygen atoms in total. The van der Waals surface area contributed by atoms with Crippen LogP contribution in [-0.4, -0.2) is 17.3 Å². The van der Waals surface area contributed by atoms with E-state index in [1.807, 2.05) is 0 Å². The third-order valence-electron chi connectivity index (χ3n) is 2.12. The molecule has 17 heavy (non-hydrogen) atoms. The summed E-state index contributed by atoms with van der Waals surface area (Å²) in [5.74, 6) is 0.884. The van der Waals surface area contributed by atoms with Gasteiger partial charge in [-0.1, -0.05) is 0 Å². The minimum absolute atomic E-state index is 0.0702. The lowest BCUT2D eigenvalue weighted by Crippen LogP contribution is -1.96. The second kappa shape index (κ2) is 4.52. The summed E-state index contributed by atoms with van der Waals surface area (Å²) in [7, 11) is 1.58. The van der Waals surface area contributed by atoms with Crippen LogP contribution in [0.1, 0.15) is 0 Å². The van der Waals surface area contributed by atoms with Gasteiger partial charge in [0.1, 0.15) is 11.6 Å². The maximum Gasteiger partial charge on any atom is 0.293 e. The molecule has 0 spiro atoms. The van der Waals surface area contributed by atoms with Crippen LogP contribution in [0.15, 0.2) is 39.3 Å². The quantitative estimate of drug-likeness (QED) is 0.702. The van der Waals surface area contributed by atoms with Crippen LogP contribution in [-0.2, 0) is 0 Å². The van der Waals surface area contributed by atoms with Gasteiger partial charge < -0.3 is 10.5 Å². The molecule has 7 heteroatoms. The maximum atomic E-state index is 11.2. The predicted octanol–water partition coefficient (Wildman–Crippen LogP) is 1.71. The second-order valence-electron chi connectivity index (χ2n) is 3.24. The molecule has 0 atom stereocenters. The highest BCUT2D eigenvalue weighted by Gasteiger charge is 2.04. The number of anilines is 1. The van der Waals surface area contributed by atoms with Crippen LogP contribution in [0.3, 0.4) is 0 Å². The van der Waals surface area contributed by atoms with Crippen molar-refractivity contribution in [2.45, 2.75) is 0 Å². The van der Waals surface area contributed by atoms with Crippen LogP contribution >= 0.6 is 0 Å². The molecule has 88 valence electrons. The van der Waals surface area contributed by atoms with E-state index in [4.69, 9.17) is 10.5 Å². The Morgan fingerprint density at radius 2 is 1.88 bits per heavy atom. The molecule has 0 aliphatic heterocycles. The number of methoxy groups -OCH3 is 1. The van der Waals surface area contributed by atoms with Gasteiger partial charge in [0.2, 0.25) is 0 Å². The average molecular weight is 233 g/mol. The van der Waals surface area contributed by atoms with E-state index in [1.165, 1.54) is 0 Å². The highest BCUT2D eigenvalue weighted by molar-refractivity contribution is 5.55. The number of hydrogen-bond donors (Lipinski definition) is 3. The topological polar surface area (TPSA) is 109 Å². The summed E-state index contributed by atoms with van der Waals surface area (Å²) in [6, 6.07) is 6.94. The molecule has 0 fully saturated rings. The van der Waals surface area contributed by atoms with Crippen molar-refractivity contribution in [1.29, 1.82) is 0 Å². The van der Waals surface area contributed by atoms with Gasteiger partial charge in [-0.3, -0.25) is 15.0 Å². The van der Waals surface area contributed by atoms with Crippen molar-refractivity contribution in [3.05, 3.63) is 34.6 Å². The molecule has 0 bridgehead atoms. The fourth-order valence-electron chi connectivity index (χ4n) is 1.22. The third kappa shape index (κ3) is 2.33. The van der Waals surface area contributed by atoms with Gasteiger partial charge >= 0.3 is 0 Å². The molecular formula is C10H11N5O2. The van der Waals surface area contributed by atoms with Crippen molar-refractivity contribution >= 4 is 17.2 Å². The number of H-pyrrole nitrogens is 2. The van der Waals surface area contributed by atoms with E-state index in [0.29, 0.717) is 5.69 Å². The van der Waals surface area contributed by atoms with E-state index in [1.54, 1.807) is 31.4 Å². The fraction of sp³-hybridized carbons (Fsp3) is 0.100. The van der Waals surface area contributed by atoms with E-state index in [0.717, 1.165) is 5.75 Å². The van der Waals surface area contributed by atoms with Crippen LogP contribution in [0.25, 0.3) is 0 Å². The maximum absolute atomic E-state index is 11.2. The van der Waals surface area contributed by atoms with Gasteiger partial charge in [-0.15, -0.1) is 5.11 Å². The molecule has 4 N–H and O–H groups in total. The van der Waals surface area contributed by atoms with Gasteiger partial charge in [0.05, 0.1) is 12.8 Å². The van der Waals surface area contributed by atoms with E-state index in [2.05, 4.69) is 20.4 Å². The van der Waals surface area contributed by atoms with Crippen molar-refractivity contribution in [3.63, 3.8) is 0 Å². The minimum atomic E-state index is -0.403. The van der Waals surface area contributed by atoms with Crippen LogP contribution in [0.5, 0.6) is 5.75 Å². The standard InChI is InChI=1S/C10H11N5O2/c1-17-7-4-2-6(3-5-7)12-13-8-9(11)14-15-10(8)16/h2-5H,1H3,(H4,11,14,15,16). The van der Waals surface area contributed by atoms with Crippen molar-refractivity contribution in [3.8, 4) is 5.75 Å². The zero-order valence-corrected chi connectivity index (χ0v) is 9.10. The zero-order chi connectivity index (χ0) is 12.3. The molecule has 2 rings (SSSR count). The van der Waals surface area contributed by atoms with E-state index >= 15 is 0 Å². The lowest BCUT2D eigenvalue weighted by Gasteiger charge is -1.97. The number of aromatic amines is 2. The second-order valence-corrected chi connectivity index (χ2v) is 3.24. The van der Waals surface area contributed by atoms with Crippen molar-refractivity contribution in [2.75, 3.05) is 12.8 Å². The molecule has 1 aromatic heterocycles. The number of ether oxygens (including phenoxy) is 1. The molecule has 0 unspecified atom stereocenters. The Kier molecular flexibility index (Phi) is 2.91. The minimum Gasteiger partial charge on any atom is -0.497 e. The number of nitrogen functional groups attached to an aromatic ring is 1. The number of benzene rings is 1. The lowest BCUT2D eigenvalue weighted by molar-refractivity contribution is 0.415. The Hall–Kier alpha value is -2.57. The molecule has 1 aromatic carbocycles. The first-order chi connectivity index (χ1) is 8.20. The smallest absolute Gasteiger partial charge is 0.293 e. The Bertz CT molecular complexity index is 581. The predicted molar refractivity (Wildman–Crippen MR) is 63.0 cm³/mol. The zero-order valence-electron chi connectivity index (χ0n) is 9.10. The summed E-state index contributed by atoms with van der Waals surface area (Å²) in [6.07, 6.45) is 0. The van der Waals surface area contributed by atoms with Gasteiger partial charge in [0, 0.05) is 0 Å². The molecule has 0 aliphatic rings. The summed E-state index contributed by atoms with van der Waals surface area (Å²) < 4.78 is 5.01. The van der Waals surface area contributed by atoms with Crippen molar-refractivity contribution in [2.24, 2.45) is 10.2 Å². The third-order valence-corrected chi connectivity index (χ3v) is 2.12. The number of nitrogens with zero attached hydrogens (tertiary/aromatic N) is 2. The van der Waals surface area contributed by atoms with Gasteiger partial charge in [0.25, 0.3) is 5.56 Å². The Morgan fingerprint density at radius 1 is 1.18 bits per heavy atom. The van der Waals surface area contributed by atoms with E-state index in [9.17, 15) is 4.79 Å². The molecule has 1 heterocycles. The molecule has 0 radical (unpaired) electrons. The first-order valence-corrected chi connectivity index (χ1v) is 4.82. The van der Waals surface area contributed by atoms with E-state index < -0.39 is 5.56 Å². The van der Waals surface area contributed by atoms with Crippen LogP contribution in [0.2, 0.25) is 0 Å². The number of azo groups is 1. The highest BCUT2D eigenvalue weighted by atomic mass is 16.5. The summed E-state index contributed by atoms with van der Waals surface area (Å²) in [6.45, 7) is 0. The van der Waals surface area contributed by atoms with Gasteiger partial charge in [0.15, 0.2) is 5.69 Å². The molecule has 0 saturated heterocycles. The van der Waals surface area contributed by atoms with Gasteiger partial charge in [-0.05, 0) is 24.3 Å². The summed E-state index contributed by atoms with van der Waals surface area (Å²) in [5, 5.41) is 12.4. The summed E-state index contributed by atoms with van der Waals surface area (Å²) in [5.41, 5.74) is 5.76. The number of aromatic nitrogens is 2. The highest BCUT2D eigenvalue weighted by Crippen LogP contribution is 2.21. The Labute approximate surface area is 96.3 Å². The first kappa shape index (κ1) is 10.9. The summed E-state index contributed by atoms with van der Waals surface area (Å²) in [4.78, 5) is 11.2. The first-order valence-electron chi connectivity index (χ1n) is 4.82. The number of nitrogens with one attached hydrogen (secondary N) is 2. The van der Waals surface area contributed by atoms with Gasteiger partial charge in [-0.2, -0.15) is 5.11 Å². The molecule has 0 saturated carbocycles. The Balaban J connectivity index is 2.23. The number of rotatable bonds is 3. The molecule has 0 aliphatic carbocycles. The van der Waals surface area contributed by atoms with Crippen LogP contribution < -0.4 is 16.0 Å². The van der Waals surface area contributed by atoms with Gasteiger partial charge in [-0.25, -0.2) is 0 Å². The van der Waals surface area contributed by atoms with Crippen LogP contribution in [0.4, 0.5) is 17.2 Å². The molecule has 0 amide bonds. The van der Waals surface area contributed by atoms with Crippen molar-refractivity contribution < 1.29 is 4.74 Å². The SMILES string of the molecule is COc1ccc(N=Nc2c(N)[nH][nH]c2=O)cc1. The molecule has 2 aromatic rings. The number of hydrogen-bond acceptors (Lipinski definition) is 5. The fourth-order valence-corrected chi connectivity index (χ4v) is 1.22. The molecular weight excluding hydrogens is 222 g/mol. The normalized spacial score (nSPS) is 10.9. The largest absolute Gasteiger partial charge is 0.497 e. The lowest BCUT2D eigenvalue weighted by atomic mass is 10.3. The monoisotopic (exact) mass is 233 g/mol. The average Bonchev–Trinajstić information content (AvgIpc) is 2.67. The number of nitrogens with two attached hydrogens (primary N) is 1. The Morgan fingerprint density at radius 3 is 2.41 bits per heavy atom.